The Morgan fingerprint density at radius 1 is 0.442 bits per heavy atom. The van der Waals surface area contributed by atoms with Crippen molar-refractivity contribution in [3.05, 3.63) is 175 Å². The zero-order valence-corrected chi connectivity index (χ0v) is 28.9. The predicted molar refractivity (Wildman–Crippen MR) is 216 cm³/mol. The largest absolute Gasteiger partial charge is 0.456 e. The summed E-state index contributed by atoms with van der Waals surface area (Å²) in [7, 11) is 0. The van der Waals surface area contributed by atoms with Gasteiger partial charge >= 0.3 is 0 Å². The predicted octanol–water partition coefficient (Wildman–Crippen LogP) is 14.1. The number of para-hydroxylation sites is 1. The van der Waals surface area contributed by atoms with Gasteiger partial charge in [0.05, 0.1) is 5.69 Å². The van der Waals surface area contributed by atoms with Gasteiger partial charge in [-0.3, -0.25) is 0 Å². The van der Waals surface area contributed by atoms with Crippen molar-refractivity contribution in [2.24, 2.45) is 0 Å². The van der Waals surface area contributed by atoms with Crippen LogP contribution in [-0.4, -0.2) is 0 Å². The standard InChI is InChI=1S/C49H33NO2/c1-49(2)41-18-10-8-16-35(41)36-24-21-32(28-42(36)49)50(33-22-25-38-37-17-9-11-19-44(37)51-45(38)29-33)43-27-26-40-39-23-20-30-12-6-7-15-34(30)47(39)52-48(40)46(43)31-13-4-3-5-14-31/h3-29H,1-2H3. The fraction of sp³-hybridized carbons (Fsp3) is 0.0612. The smallest absolute Gasteiger partial charge is 0.145 e. The molecule has 0 atom stereocenters. The second kappa shape index (κ2) is 10.7. The maximum absolute atomic E-state index is 7.03. The third kappa shape index (κ3) is 4.08. The van der Waals surface area contributed by atoms with Crippen LogP contribution in [0.5, 0.6) is 0 Å². The fourth-order valence-electron chi connectivity index (χ4n) is 8.74. The average molecular weight is 668 g/mol. The van der Waals surface area contributed by atoms with Crippen molar-refractivity contribution in [1.82, 2.24) is 0 Å². The summed E-state index contributed by atoms with van der Waals surface area (Å²) in [6, 6.07) is 58.7. The lowest BCUT2D eigenvalue weighted by molar-refractivity contribution is 0.660. The molecule has 0 unspecified atom stereocenters. The van der Waals surface area contributed by atoms with Gasteiger partial charge in [-0.2, -0.15) is 0 Å². The number of benzene rings is 8. The van der Waals surface area contributed by atoms with Crippen molar-refractivity contribution in [3.8, 4) is 22.3 Å². The number of furan rings is 2. The fourth-order valence-corrected chi connectivity index (χ4v) is 8.74. The second-order valence-electron chi connectivity index (χ2n) is 14.5. The van der Waals surface area contributed by atoms with Gasteiger partial charge in [-0.15, -0.1) is 0 Å². The zero-order chi connectivity index (χ0) is 34.6. The van der Waals surface area contributed by atoms with Crippen LogP contribution in [0.2, 0.25) is 0 Å². The van der Waals surface area contributed by atoms with Crippen LogP contribution in [0.3, 0.4) is 0 Å². The first-order valence-electron chi connectivity index (χ1n) is 17.9. The van der Waals surface area contributed by atoms with E-state index in [1.165, 1.54) is 22.3 Å². The summed E-state index contributed by atoms with van der Waals surface area (Å²) in [5.41, 5.74) is 13.9. The third-order valence-corrected chi connectivity index (χ3v) is 11.3. The third-order valence-electron chi connectivity index (χ3n) is 11.3. The maximum Gasteiger partial charge on any atom is 0.145 e. The minimum Gasteiger partial charge on any atom is -0.456 e. The molecule has 2 aromatic heterocycles. The monoisotopic (exact) mass is 667 g/mol. The first-order chi connectivity index (χ1) is 25.5. The highest BCUT2D eigenvalue weighted by Gasteiger charge is 2.36. The van der Waals surface area contributed by atoms with Crippen LogP contribution in [-0.2, 0) is 5.41 Å². The summed E-state index contributed by atoms with van der Waals surface area (Å²) in [4.78, 5) is 2.39. The summed E-state index contributed by atoms with van der Waals surface area (Å²) in [6.07, 6.45) is 0. The normalized spacial score (nSPS) is 13.3. The van der Waals surface area contributed by atoms with E-state index in [-0.39, 0.29) is 5.41 Å². The molecule has 0 spiro atoms. The number of rotatable bonds is 4. The molecule has 1 aliphatic carbocycles. The first kappa shape index (κ1) is 29.2. The van der Waals surface area contributed by atoms with E-state index >= 15 is 0 Å². The Balaban J connectivity index is 1.22. The number of anilines is 3. The lowest BCUT2D eigenvalue weighted by Crippen LogP contribution is -2.17. The van der Waals surface area contributed by atoms with Crippen LogP contribution >= 0.6 is 0 Å². The molecule has 3 heteroatoms. The van der Waals surface area contributed by atoms with E-state index in [1.807, 2.05) is 12.1 Å². The molecule has 11 rings (SSSR count). The van der Waals surface area contributed by atoms with Crippen molar-refractivity contribution in [2.45, 2.75) is 19.3 Å². The van der Waals surface area contributed by atoms with Gasteiger partial charge in [-0.25, -0.2) is 0 Å². The van der Waals surface area contributed by atoms with Crippen LogP contribution < -0.4 is 4.90 Å². The van der Waals surface area contributed by atoms with E-state index in [0.717, 1.165) is 82.8 Å². The van der Waals surface area contributed by atoms with Crippen molar-refractivity contribution in [1.29, 1.82) is 0 Å². The highest BCUT2D eigenvalue weighted by Crippen LogP contribution is 2.52. The highest BCUT2D eigenvalue weighted by atomic mass is 16.3. The Morgan fingerprint density at radius 3 is 2.00 bits per heavy atom. The number of hydrogen-bond donors (Lipinski definition) is 0. The van der Waals surface area contributed by atoms with E-state index in [1.54, 1.807) is 0 Å². The molecule has 0 radical (unpaired) electrons. The zero-order valence-electron chi connectivity index (χ0n) is 28.9. The molecule has 0 fully saturated rings. The van der Waals surface area contributed by atoms with E-state index < -0.39 is 0 Å². The molecular formula is C49H33NO2. The maximum atomic E-state index is 7.03. The molecule has 0 saturated carbocycles. The van der Waals surface area contributed by atoms with Crippen molar-refractivity contribution in [3.63, 3.8) is 0 Å². The van der Waals surface area contributed by atoms with Crippen LogP contribution in [0.4, 0.5) is 17.1 Å². The van der Waals surface area contributed by atoms with Crippen LogP contribution in [0, 0.1) is 0 Å². The van der Waals surface area contributed by atoms with E-state index in [9.17, 15) is 0 Å². The average Bonchev–Trinajstić information content (AvgIpc) is 3.83. The minimum absolute atomic E-state index is 0.150. The molecule has 0 amide bonds. The molecule has 3 nitrogen and oxygen atoms in total. The highest BCUT2D eigenvalue weighted by molar-refractivity contribution is 6.19. The van der Waals surface area contributed by atoms with E-state index in [4.69, 9.17) is 8.83 Å². The summed E-state index contributed by atoms with van der Waals surface area (Å²) in [5, 5.41) is 6.72. The van der Waals surface area contributed by atoms with Gasteiger partial charge in [-0.1, -0.05) is 123 Å². The Morgan fingerprint density at radius 2 is 1.10 bits per heavy atom. The van der Waals surface area contributed by atoms with E-state index in [2.05, 4.69) is 170 Å². The van der Waals surface area contributed by atoms with Gasteiger partial charge in [0.1, 0.15) is 22.3 Å². The molecule has 10 aromatic rings. The molecule has 0 aliphatic heterocycles. The molecule has 246 valence electrons. The Kier molecular flexibility index (Phi) is 6.01. The van der Waals surface area contributed by atoms with Gasteiger partial charge < -0.3 is 13.7 Å². The minimum atomic E-state index is -0.150. The van der Waals surface area contributed by atoms with Gasteiger partial charge in [0.15, 0.2) is 0 Å². The SMILES string of the molecule is CC1(C)c2ccccc2-c2ccc(N(c3ccc4c(c3)oc3ccccc34)c3ccc4c(oc5c6ccccc6ccc45)c3-c3ccccc3)cc21. The molecule has 1 aliphatic rings. The summed E-state index contributed by atoms with van der Waals surface area (Å²) >= 11 is 0. The molecule has 0 bridgehead atoms. The summed E-state index contributed by atoms with van der Waals surface area (Å²) in [5.74, 6) is 0. The lowest BCUT2D eigenvalue weighted by atomic mass is 9.82. The summed E-state index contributed by atoms with van der Waals surface area (Å²) in [6.45, 7) is 4.68. The molecule has 0 saturated heterocycles. The molecule has 2 heterocycles. The topological polar surface area (TPSA) is 29.5 Å². The first-order valence-corrected chi connectivity index (χ1v) is 17.9. The van der Waals surface area contributed by atoms with Crippen molar-refractivity contribution in [2.75, 3.05) is 4.90 Å². The molecule has 8 aromatic carbocycles. The van der Waals surface area contributed by atoms with Gasteiger partial charge in [0, 0.05) is 55.4 Å². The number of hydrogen-bond acceptors (Lipinski definition) is 3. The number of nitrogens with zero attached hydrogens (tertiary/aromatic N) is 1. The lowest BCUT2D eigenvalue weighted by Gasteiger charge is -2.30. The summed E-state index contributed by atoms with van der Waals surface area (Å²) < 4.78 is 13.5. The van der Waals surface area contributed by atoms with Crippen molar-refractivity contribution >= 4 is 71.7 Å². The molecule has 52 heavy (non-hydrogen) atoms. The van der Waals surface area contributed by atoms with Crippen LogP contribution in [0.1, 0.15) is 25.0 Å². The van der Waals surface area contributed by atoms with Crippen LogP contribution in [0.15, 0.2) is 173 Å². The van der Waals surface area contributed by atoms with Gasteiger partial charge in [-0.05, 0) is 81.7 Å². The molecular weight excluding hydrogens is 635 g/mol. The Hall–Kier alpha value is -6.58. The Labute approximate surface area is 301 Å². The number of fused-ring (bicyclic) bond motifs is 11. The van der Waals surface area contributed by atoms with Gasteiger partial charge in [0.2, 0.25) is 0 Å². The van der Waals surface area contributed by atoms with Gasteiger partial charge in [0.25, 0.3) is 0 Å². The Bertz CT molecular complexity index is 3050. The van der Waals surface area contributed by atoms with E-state index in [0.29, 0.717) is 0 Å². The second-order valence-corrected chi connectivity index (χ2v) is 14.5. The molecule has 0 N–H and O–H groups in total. The van der Waals surface area contributed by atoms with Crippen molar-refractivity contribution < 1.29 is 8.83 Å². The quantitative estimate of drug-likeness (QED) is 0.187. The van der Waals surface area contributed by atoms with Crippen LogP contribution in [0.25, 0.3) is 76.9 Å².